The fourth-order valence-electron chi connectivity index (χ4n) is 1.11. The number of hydrogen-bond donors (Lipinski definition) is 1. The van der Waals surface area contributed by atoms with Gasteiger partial charge in [-0.3, -0.25) is 5.43 Å². The van der Waals surface area contributed by atoms with E-state index in [1.807, 2.05) is 24.3 Å². The third-order valence-corrected chi connectivity index (χ3v) is 2.22. The Labute approximate surface area is 90.0 Å². The molecule has 0 aliphatic heterocycles. The first-order valence-corrected chi connectivity index (χ1v) is 5.21. The molecule has 76 valence electrons. The number of halogens is 1. The van der Waals surface area contributed by atoms with Gasteiger partial charge in [-0.1, -0.05) is 31.5 Å². The van der Waals surface area contributed by atoms with E-state index in [1.54, 1.807) is 0 Å². The van der Waals surface area contributed by atoms with Crippen LogP contribution in [0, 0.1) is 0 Å². The summed E-state index contributed by atoms with van der Waals surface area (Å²) in [4.78, 5) is 0. The van der Waals surface area contributed by atoms with E-state index in [2.05, 4.69) is 24.4 Å². The van der Waals surface area contributed by atoms with E-state index >= 15 is 0 Å². The lowest BCUT2D eigenvalue weighted by Gasteiger charge is -2.03. The zero-order valence-corrected chi connectivity index (χ0v) is 9.30. The molecule has 2 nitrogen and oxygen atoms in total. The zero-order chi connectivity index (χ0) is 10.4. The van der Waals surface area contributed by atoms with E-state index in [1.165, 1.54) is 0 Å². The van der Waals surface area contributed by atoms with Crippen molar-refractivity contribution in [2.45, 2.75) is 26.7 Å². The Morgan fingerprint density at radius 2 is 2.07 bits per heavy atom. The molecule has 1 rings (SSSR count). The highest BCUT2D eigenvalue weighted by atomic mass is 35.5. The molecule has 0 spiro atoms. The Bertz CT molecular complexity index is 315. The molecule has 1 N–H and O–H groups in total. The normalized spacial score (nSPS) is 9.64. The predicted octanol–water partition coefficient (Wildman–Crippen LogP) is 3.93. The van der Waals surface area contributed by atoms with Crippen molar-refractivity contribution in [1.82, 2.24) is 0 Å². The SMILES string of the molecule is CCC(CC)=NNc1cccc(Cl)c1. The fraction of sp³-hybridized carbons (Fsp3) is 0.364. The lowest BCUT2D eigenvalue weighted by molar-refractivity contribution is 1.12. The summed E-state index contributed by atoms with van der Waals surface area (Å²) < 4.78 is 0. The first-order valence-electron chi connectivity index (χ1n) is 4.83. The number of nitrogens with one attached hydrogen (secondary N) is 1. The van der Waals surface area contributed by atoms with Crippen LogP contribution in [0.15, 0.2) is 29.4 Å². The lowest BCUT2D eigenvalue weighted by atomic mass is 10.2. The average Bonchev–Trinajstić information content (AvgIpc) is 2.19. The van der Waals surface area contributed by atoms with Gasteiger partial charge in [-0.15, -0.1) is 0 Å². The van der Waals surface area contributed by atoms with E-state index in [9.17, 15) is 0 Å². The molecule has 1 aromatic rings. The molecule has 0 fully saturated rings. The second kappa shape index (κ2) is 5.66. The molecule has 3 heteroatoms. The third-order valence-electron chi connectivity index (χ3n) is 1.98. The topological polar surface area (TPSA) is 24.4 Å². The number of benzene rings is 1. The van der Waals surface area contributed by atoms with Gasteiger partial charge in [0.1, 0.15) is 0 Å². The number of rotatable bonds is 4. The van der Waals surface area contributed by atoms with Gasteiger partial charge in [0.2, 0.25) is 0 Å². The predicted molar refractivity (Wildman–Crippen MR) is 63.1 cm³/mol. The molecule has 14 heavy (non-hydrogen) atoms. The molecule has 0 aliphatic carbocycles. The number of hydrazone groups is 1. The van der Waals surface area contributed by atoms with Crippen LogP contribution >= 0.6 is 11.6 Å². The molecular formula is C11H15ClN2. The molecule has 0 amide bonds. The minimum atomic E-state index is 0.722. The Kier molecular flexibility index (Phi) is 4.47. The maximum absolute atomic E-state index is 5.84. The first kappa shape index (κ1) is 11.1. The third kappa shape index (κ3) is 3.38. The van der Waals surface area contributed by atoms with Crippen LogP contribution in [-0.4, -0.2) is 5.71 Å². The maximum atomic E-state index is 5.84. The molecule has 0 atom stereocenters. The lowest BCUT2D eigenvalue weighted by Crippen LogP contribution is -1.98. The molecule has 0 saturated heterocycles. The summed E-state index contributed by atoms with van der Waals surface area (Å²) >= 11 is 5.84. The molecule has 0 heterocycles. The first-order chi connectivity index (χ1) is 6.76. The van der Waals surface area contributed by atoms with Gasteiger partial charge < -0.3 is 0 Å². The molecular weight excluding hydrogens is 196 g/mol. The van der Waals surface area contributed by atoms with Crippen LogP contribution in [0.1, 0.15) is 26.7 Å². The minimum absolute atomic E-state index is 0.722. The van der Waals surface area contributed by atoms with Crippen LogP contribution in [0.2, 0.25) is 5.02 Å². The van der Waals surface area contributed by atoms with Crippen LogP contribution in [0.25, 0.3) is 0 Å². The van der Waals surface area contributed by atoms with Crippen molar-refractivity contribution in [3.8, 4) is 0 Å². The van der Waals surface area contributed by atoms with Gasteiger partial charge in [0.05, 0.1) is 5.69 Å². The van der Waals surface area contributed by atoms with Crippen molar-refractivity contribution < 1.29 is 0 Å². The van der Waals surface area contributed by atoms with Gasteiger partial charge >= 0.3 is 0 Å². The number of anilines is 1. The molecule has 0 radical (unpaired) electrons. The summed E-state index contributed by atoms with van der Waals surface area (Å²) in [5.74, 6) is 0. The molecule has 0 unspecified atom stereocenters. The highest BCUT2D eigenvalue weighted by molar-refractivity contribution is 6.30. The van der Waals surface area contributed by atoms with E-state index in [4.69, 9.17) is 11.6 Å². The second-order valence-electron chi connectivity index (χ2n) is 3.01. The van der Waals surface area contributed by atoms with Crippen LogP contribution in [0.4, 0.5) is 5.69 Å². The highest BCUT2D eigenvalue weighted by Gasteiger charge is 1.93. The van der Waals surface area contributed by atoms with Crippen LogP contribution in [0.3, 0.4) is 0 Å². The van der Waals surface area contributed by atoms with Crippen molar-refractivity contribution >= 4 is 23.0 Å². The summed E-state index contributed by atoms with van der Waals surface area (Å²) in [7, 11) is 0. The van der Waals surface area contributed by atoms with Gasteiger partial charge in [0.15, 0.2) is 0 Å². The fourth-order valence-corrected chi connectivity index (χ4v) is 1.30. The summed E-state index contributed by atoms with van der Waals surface area (Å²) in [5.41, 5.74) is 5.08. The van der Waals surface area contributed by atoms with Gasteiger partial charge in [-0.05, 0) is 31.0 Å². The monoisotopic (exact) mass is 210 g/mol. The second-order valence-corrected chi connectivity index (χ2v) is 3.44. The van der Waals surface area contributed by atoms with Gasteiger partial charge in [0.25, 0.3) is 0 Å². The average molecular weight is 211 g/mol. The highest BCUT2D eigenvalue weighted by Crippen LogP contribution is 2.14. The van der Waals surface area contributed by atoms with E-state index in [0.717, 1.165) is 29.3 Å². The largest absolute Gasteiger partial charge is 0.279 e. The molecule has 0 saturated carbocycles. The summed E-state index contributed by atoms with van der Waals surface area (Å²) in [6, 6.07) is 7.54. The number of nitrogens with zero attached hydrogens (tertiary/aromatic N) is 1. The van der Waals surface area contributed by atoms with Gasteiger partial charge in [-0.25, -0.2) is 0 Å². The van der Waals surface area contributed by atoms with Crippen molar-refractivity contribution in [3.05, 3.63) is 29.3 Å². The summed E-state index contributed by atoms with van der Waals surface area (Å²) in [6.45, 7) is 4.20. The Hall–Kier alpha value is -1.02. The van der Waals surface area contributed by atoms with Crippen molar-refractivity contribution in [2.75, 3.05) is 5.43 Å². The van der Waals surface area contributed by atoms with Crippen LogP contribution < -0.4 is 5.43 Å². The van der Waals surface area contributed by atoms with E-state index in [-0.39, 0.29) is 0 Å². The van der Waals surface area contributed by atoms with Crippen LogP contribution in [-0.2, 0) is 0 Å². The Balaban J connectivity index is 2.65. The molecule has 1 aromatic carbocycles. The van der Waals surface area contributed by atoms with E-state index in [0.29, 0.717) is 0 Å². The van der Waals surface area contributed by atoms with Crippen LogP contribution in [0.5, 0.6) is 0 Å². The summed E-state index contributed by atoms with van der Waals surface area (Å²) in [5, 5.41) is 5.00. The quantitative estimate of drug-likeness (QED) is 0.591. The van der Waals surface area contributed by atoms with Gasteiger partial charge in [0, 0.05) is 10.7 Å². The molecule has 0 aromatic heterocycles. The maximum Gasteiger partial charge on any atom is 0.0576 e. The van der Waals surface area contributed by atoms with Crippen molar-refractivity contribution in [3.63, 3.8) is 0 Å². The Morgan fingerprint density at radius 3 is 2.64 bits per heavy atom. The standard InChI is InChI=1S/C11H15ClN2/c1-3-10(4-2)13-14-11-7-5-6-9(12)8-11/h5-8,14H,3-4H2,1-2H3. The molecule has 0 aliphatic rings. The van der Waals surface area contributed by atoms with Crippen molar-refractivity contribution in [1.29, 1.82) is 0 Å². The molecule has 0 bridgehead atoms. The zero-order valence-electron chi connectivity index (χ0n) is 8.55. The van der Waals surface area contributed by atoms with Crippen molar-refractivity contribution in [2.24, 2.45) is 5.10 Å². The summed E-state index contributed by atoms with van der Waals surface area (Å²) in [6.07, 6.45) is 1.95. The van der Waals surface area contributed by atoms with E-state index < -0.39 is 0 Å². The smallest absolute Gasteiger partial charge is 0.0576 e. The minimum Gasteiger partial charge on any atom is -0.279 e. The number of hydrogen-bond acceptors (Lipinski definition) is 2. The Morgan fingerprint density at radius 1 is 1.36 bits per heavy atom. The van der Waals surface area contributed by atoms with Gasteiger partial charge in [-0.2, -0.15) is 5.10 Å².